The van der Waals surface area contributed by atoms with Crippen LogP contribution < -0.4 is 10.5 Å². The maximum Gasteiger partial charge on any atom is 0.225 e. The van der Waals surface area contributed by atoms with E-state index < -0.39 is 0 Å². The zero-order valence-electron chi connectivity index (χ0n) is 13.9. The third-order valence-electron chi connectivity index (χ3n) is 3.97. The van der Waals surface area contributed by atoms with Gasteiger partial charge in [0, 0.05) is 0 Å². The Morgan fingerprint density at radius 1 is 1.13 bits per heavy atom. The molecule has 2 rings (SSSR count). The Bertz CT molecular complexity index is 652. The highest BCUT2D eigenvalue weighted by molar-refractivity contribution is 5.82. The molecule has 3 heteroatoms. The maximum absolute atomic E-state index is 12.0. The summed E-state index contributed by atoms with van der Waals surface area (Å²) < 4.78 is 5.67. The van der Waals surface area contributed by atoms with Gasteiger partial charge in [0.05, 0.1) is 12.5 Å². The first-order valence-corrected chi connectivity index (χ1v) is 8.24. The number of nitrogens with two attached hydrogens (primary N) is 1. The van der Waals surface area contributed by atoms with Gasteiger partial charge in [0.15, 0.2) is 0 Å². The predicted molar refractivity (Wildman–Crippen MR) is 93.7 cm³/mol. The summed E-state index contributed by atoms with van der Waals surface area (Å²) in [6.07, 6.45) is 2.45. The molecule has 3 nitrogen and oxygen atoms in total. The molecule has 0 spiro atoms. The fourth-order valence-corrected chi connectivity index (χ4v) is 2.78. The highest BCUT2D eigenvalue weighted by Gasteiger charge is 2.20. The van der Waals surface area contributed by atoms with Gasteiger partial charge in [-0.1, -0.05) is 50.2 Å². The summed E-state index contributed by atoms with van der Waals surface area (Å²) >= 11 is 0. The first kappa shape index (κ1) is 17.1. The lowest BCUT2D eigenvalue weighted by Gasteiger charge is -2.18. The number of amides is 1. The van der Waals surface area contributed by atoms with Crippen LogP contribution in [0.5, 0.6) is 5.75 Å². The van der Waals surface area contributed by atoms with E-state index in [-0.39, 0.29) is 11.8 Å². The van der Waals surface area contributed by atoms with Gasteiger partial charge < -0.3 is 10.5 Å². The van der Waals surface area contributed by atoms with Gasteiger partial charge in [-0.05, 0) is 48.1 Å². The molecule has 0 heterocycles. The van der Waals surface area contributed by atoms with Crippen molar-refractivity contribution in [1.82, 2.24) is 0 Å². The van der Waals surface area contributed by atoms with Crippen molar-refractivity contribution in [1.29, 1.82) is 0 Å². The van der Waals surface area contributed by atoms with E-state index in [1.165, 1.54) is 5.56 Å². The second-order valence-corrected chi connectivity index (χ2v) is 5.71. The van der Waals surface area contributed by atoms with E-state index in [9.17, 15) is 4.79 Å². The molecular formula is C20H25NO2. The zero-order chi connectivity index (χ0) is 16.7. The predicted octanol–water partition coefficient (Wildman–Crippen LogP) is 3.85. The van der Waals surface area contributed by atoms with Crippen molar-refractivity contribution in [3.8, 4) is 5.75 Å². The van der Waals surface area contributed by atoms with Gasteiger partial charge in [-0.3, -0.25) is 4.79 Å². The first-order chi connectivity index (χ1) is 11.2. The van der Waals surface area contributed by atoms with Gasteiger partial charge in [-0.2, -0.15) is 0 Å². The third kappa shape index (κ3) is 4.59. The van der Waals surface area contributed by atoms with Crippen LogP contribution in [0.1, 0.15) is 42.9 Å². The van der Waals surface area contributed by atoms with Crippen LogP contribution in [0.2, 0.25) is 0 Å². The lowest BCUT2D eigenvalue weighted by molar-refractivity contribution is -0.119. The smallest absolute Gasteiger partial charge is 0.225 e. The Kier molecular flexibility index (Phi) is 6.21. The molecule has 0 aliphatic carbocycles. The number of hydrogen-bond acceptors (Lipinski definition) is 2. The number of rotatable bonds is 8. The number of carbonyl (C=O) groups is 1. The highest BCUT2D eigenvalue weighted by Crippen LogP contribution is 2.26. The van der Waals surface area contributed by atoms with E-state index >= 15 is 0 Å². The molecule has 1 amide bonds. The zero-order valence-corrected chi connectivity index (χ0v) is 13.9. The number of carbonyl (C=O) groups excluding carboxylic acids is 1. The van der Waals surface area contributed by atoms with Gasteiger partial charge in [-0.25, -0.2) is 0 Å². The molecule has 0 fully saturated rings. The fourth-order valence-electron chi connectivity index (χ4n) is 2.78. The molecule has 1 unspecified atom stereocenters. The third-order valence-corrected chi connectivity index (χ3v) is 3.97. The number of hydrogen-bond donors (Lipinski definition) is 1. The van der Waals surface area contributed by atoms with Crippen molar-refractivity contribution in [3.05, 3.63) is 65.2 Å². The molecule has 23 heavy (non-hydrogen) atoms. The Morgan fingerprint density at radius 2 is 1.91 bits per heavy atom. The van der Waals surface area contributed by atoms with E-state index in [4.69, 9.17) is 10.5 Å². The summed E-state index contributed by atoms with van der Waals surface area (Å²) in [7, 11) is 0. The normalized spacial score (nSPS) is 11.9. The molecule has 2 aromatic carbocycles. The van der Waals surface area contributed by atoms with Crippen molar-refractivity contribution < 1.29 is 9.53 Å². The summed E-state index contributed by atoms with van der Waals surface area (Å²) in [6.45, 7) is 4.87. The van der Waals surface area contributed by atoms with Crippen LogP contribution in [-0.4, -0.2) is 12.5 Å². The molecule has 0 aromatic heterocycles. The minimum absolute atomic E-state index is 0.286. The quantitative estimate of drug-likeness (QED) is 0.805. The number of benzene rings is 2. The molecule has 122 valence electrons. The van der Waals surface area contributed by atoms with Crippen molar-refractivity contribution in [2.45, 2.75) is 39.0 Å². The molecule has 2 N–H and O–H groups in total. The van der Waals surface area contributed by atoms with Crippen molar-refractivity contribution >= 4 is 5.91 Å². The lowest BCUT2D eigenvalue weighted by Crippen LogP contribution is -2.24. The fraction of sp³-hybridized carbons (Fsp3) is 0.350. The summed E-state index contributed by atoms with van der Waals surface area (Å²) in [5, 5.41) is 0. The summed E-state index contributed by atoms with van der Waals surface area (Å²) in [6, 6.07) is 16.0. The van der Waals surface area contributed by atoms with Gasteiger partial charge in [-0.15, -0.1) is 0 Å². The van der Waals surface area contributed by atoms with E-state index in [0.29, 0.717) is 13.0 Å². The average molecular weight is 311 g/mol. The standard InChI is InChI=1S/C20H25NO2/c1-3-12-23-17-10-7-8-15(13-17)14-19(20(21)22)18-11-6-5-9-16(18)4-2/h5-11,13,19H,3-4,12,14H2,1-2H3,(H2,21,22). The molecule has 0 aliphatic heterocycles. The van der Waals surface area contributed by atoms with Gasteiger partial charge in [0.25, 0.3) is 0 Å². The molecule has 0 saturated carbocycles. The SMILES string of the molecule is CCCOc1cccc(CC(C(N)=O)c2ccccc2CC)c1. The second kappa shape index (κ2) is 8.37. The van der Waals surface area contributed by atoms with Crippen molar-refractivity contribution in [2.75, 3.05) is 6.61 Å². The van der Waals surface area contributed by atoms with Crippen molar-refractivity contribution in [2.24, 2.45) is 5.73 Å². The minimum Gasteiger partial charge on any atom is -0.494 e. The van der Waals surface area contributed by atoms with Crippen LogP contribution >= 0.6 is 0 Å². The van der Waals surface area contributed by atoms with Gasteiger partial charge in [0.2, 0.25) is 5.91 Å². The van der Waals surface area contributed by atoms with Crippen LogP contribution in [0.25, 0.3) is 0 Å². The second-order valence-electron chi connectivity index (χ2n) is 5.71. The van der Waals surface area contributed by atoms with Crippen molar-refractivity contribution in [3.63, 3.8) is 0 Å². The minimum atomic E-state index is -0.312. The summed E-state index contributed by atoms with van der Waals surface area (Å²) in [5.41, 5.74) is 8.96. The topological polar surface area (TPSA) is 52.3 Å². The van der Waals surface area contributed by atoms with E-state index in [0.717, 1.165) is 29.7 Å². The average Bonchev–Trinajstić information content (AvgIpc) is 2.58. The molecule has 1 atom stereocenters. The number of primary amides is 1. The molecule has 0 saturated heterocycles. The number of ether oxygens (including phenoxy) is 1. The Labute approximate surface area is 138 Å². The monoisotopic (exact) mass is 311 g/mol. The molecule has 0 radical (unpaired) electrons. The Hall–Kier alpha value is -2.29. The molecule has 2 aromatic rings. The van der Waals surface area contributed by atoms with E-state index in [2.05, 4.69) is 19.9 Å². The van der Waals surface area contributed by atoms with Gasteiger partial charge in [0.1, 0.15) is 5.75 Å². The van der Waals surface area contributed by atoms with Crippen LogP contribution in [0.4, 0.5) is 0 Å². The van der Waals surface area contributed by atoms with Gasteiger partial charge >= 0.3 is 0 Å². The maximum atomic E-state index is 12.0. The summed E-state index contributed by atoms with van der Waals surface area (Å²) in [4.78, 5) is 12.0. The van der Waals surface area contributed by atoms with Crippen LogP contribution in [0.3, 0.4) is 0 Å². The molecular weight excluding hydrogens is 286 g/mol. The van der Waals surface area contributed by atoms with E-state index in [1.54, 1.807) is 0 Å². The molecule has 0 aliphatic rings. The van der Waals surface area contributed by atoms with Crippen LogP contribution in [0, 0.1) is 0 Å². The number of aryl methyl sites for hydroxylation is 1. The van der Waals surface area contributed by atoms with Crippen LogP contribution in [0.15, 0.2) is 48.5 Å². The lowest BCUT2D eigenvalue weighted by atomic mass is 9.87. The molecule has 0 bridgehead atoms. The highest BCUT2D eigenvalue weighted by atomic mass is 16.5. The summed E-state index contributed by atoms with van der Waals surface area (Å²) in [5.74, 6) is 0.245. The largest absolute Gasteiger partial charge is 0.494 e. The Morgan fingerprint density at radius 3 is 2.61 bits per heavy atom. The van der Waals surface area contributed by atoms with Crippen LogP contribution in [-0.2, 0) is 17.6 Å². The van der Waals surface area contributed by atoms with E-state index in [1.807, 2.05) is 42.5 Å². The Balaban J connectivity index is 2.25. The first-order valence-electron chi connectivity index (χ1n) is 8.24.